The van der Waals surface area contributed by atoms with Crippen LogP contribution in [0.1, 0.15) is 31.9 Å². The molecule has 2 heteroatoms. The Morgan fingerprint density at radius 2 is 1.33 bits per heavy atom. The molecule has 0 amide bonds. The number of imidazole rings is 1. The monoisotopic (exact) mass is 431 g/mol. The van der Waals surface area contributed by atoms with Crippen molar-refractivity contribution in [3.63, 3.8) is 0 Å². The van der Waals surface area contributed by atoms with Crippen LogP contribution in [-0.4, -0.2) is 4.57 Å². The zero-order chi connectivity index (χ0) is 23.2. The molecule has 0 aliphatic rings. The average molecular weight is 432 g/mol. The van der Waals surface area contributed by atoms with E-state index in [9.17, 15) is 0 Å². The minimum Gasteiger partial charge on any atom is -0.225 e. The van der Waals surface area contributed by atoms with E-state index in [1.165, 1.54) is 50.4 Å². The fourth-order valence-corrected chi connectivity index (χ4v) is 4.69. The van der Waals surface area contributed by atoms with Crippen LogP contribution in [0.15, 0.2) is 97.1 Å². The summed E-state index contributed by atoms with van der Waals surface area (Å²) in [6.07, 6.45) is 0. The first kappa shape index (κ1) is 21.2. The topological polar surface area (TPSA) is 8.81 Å². The Balaban J connectivity index is 1.71. The van der Waals surface area contributed by atoms with Crippen LogP contribution >= 0.6 is 0 Å². The highest BCUT2D eigenvalue weighted by Crippen LogP contribution is 2.32. The lowest BCUT2D eigenvalue weighted by molar-refractivity contribution is -0.633. The molecule has 5 rings (SSSR count). The van der Waals surface area contributed by atoms with Crippen molar-refractivity contribution in [3.05, 3.63) is 108 Å². The zero-order valence-corrected chi connectivity index (χ0v) is 20.1. The normalized spacial score (nSPS) is 11.8. The van der Waals surface area contributed by atoms with Crippen LogP contribution < -0.4 is 4.57 Å². The van der Waals surface area contributed by atoms with Gasteiger partial charge in [0.25, 0.3) is 5.82 Å². The lowest BCUT2D eigenvalue weighted by atomic mass is 9.85. The van der Waals surface area contributed by atoms with Gasteiger partial charge in [-0.2, -0.15) is 4.57 Å². The summed E-state index contributed by atoms with van der Waals surface area (Å²) in [4.78, 5) is 0. The number of benzene rings is 4. The minimum atomic E-state index is 0.130. The molecule has 0 spiro atoms. The second-order valence-electron chi connectivity index (χ2n) is 9.90. The van der Waals surface area contributed by atoms with Gasteiger partial charge in [0.05, 0.1) is 12.6 Å². The Morgan fingerprint density at radius 3 is 2.00 bits per heavy atom. The molecule has 0 aliphatic heterocycles. The number of aromatic nitrogens is 2. The molecule has 0 saturated carbocycles. The molecular weight excluding hydrogens is 400 g/mol. The van der Waals surface area contributed by atoms with Crippen molar-refractivity contribution in [3.8, 4) is 28.2 Å². The predicted octanol–water partition coefficient (Wildman–Crippen LogP) is 7.39. The molecule has 2 nitrogen and oxygen atoms in total. The number of fused-ring (bicyclic) bond motifs is 1. The minimum absolute atomic E-state index is 0.130. The number of rotatable bonds is 3. The number of aryl methyl sites for hydroxylation is 2. The molecule has 0 atom stereocenters. The van der Waals surface area contributed by atoms with Crippen LogP contribution in [0.5, 0.6) is 0 Å². The van der Waals surface area contributed by atoms with E-state index >= 15 is 0 Å². The summed E-state index contributed by atoms with van der Waals surface area (Å²) >= 11 is 0. The van der Waals surface area contributed by atoms with Crippen LogP contribution in [0, 0.1) is 6.92 Å². The molecule has 0 saturated heterocycles. The molecule has 0 aliphatic carbocycles. The molecule has 1 aromatic heterocycles. The maximum Gasteiger partial charge on any atom is 0.295 e. The molecule has 0 bridgehead atoms. The molecule has 1 heterocycles. The third-order valence-corrected chi connectivity index (χ3v) is 6.58. The van der Waals surface area contributed by atoms with Crippen LogP contribution in [0.2, 0.25) is 0 Å². The summed E-state index contributed by atoms with van der Waals surface area (Å²) in [5.74, 6) is 1.20. The van der Waals surface area contributed by atoms with Gasteiger partial charge in [-0.1, -0.05) is 87.5 Å². The van der Waals surface area contributed by atoms with Crippen molar-refractivity contribution in [2.45, 2.75) is 33.1 Å². The first-order valence-electron chi connectivity index (χ1n) is 11.6. The van der Waals surface area contributed by atoms with Gasteiger partial charge in [0.1, 0.15) is 5.69 Å². The van der Waals surface area contributed by atoms with Crippen molar-refractivity contribution >= 4 is 11.0 Å². The van der Waals surface area contributed by atoms with Crippen LogP contribution in [0.25, 0.3) is 39.2 Å². The Kier molecular flexibility index (Phi) is 5.17. The van der Waals surface area contributed by atoms with Gasteiger partial charge in [0.2, 0.25) is 0 Å². The predicted molar refractivity (Wildman–Crippen MR) is 139 cm³/mol. The summed E-state index contributed by atoms with van der Waals surface area (Å²) in [7, 11) is 2.17. The number of hydrogen-bond donors (Lipinski definition) is 0. The smallest absolute Gasteiger partial charge is 0.225 e. The second kappa shape index (κ2) is 8.04. The molecule has 0 radical (unpaired) electrons. The van der Waals surface area contributed by atoms with Crippen LogP contribution in [0.3, 0.4) is 0 Å². The fraction of sp³-hybridized carbons (Fsp3) is 0.194. The quantitative estimate of drug-likeness (QED) is 0.263. The van der Waals surface area contributed by atoms with Gasteiger partial charge in [0, 0.05) is 0 Å². The van der Waals surface area contributed by atoms with Gasteiger partial charge in [0.15, 0.2) is 11.0 Å². The molecule has 5 aromatic rings. The lowest BCUT2D eigenvalue weighted by Gasteiger charge is -2.20. The molecule has 4 aromatic carbocycles. The van der Waals surface area contributed by atoms with E-state index in [0.29, 0.717) is 0 Å². The van der Waals surface area contributed by atoms with Crippen molar-refractivity contribution in [2.24, 2.45) is 7.05 Å². The van der Waals surface area contributed by atoms with Crippen molar-refractivity contribution in [1.82, 2.24) is 4.57 Å². The van der Waals surface area contributed by atoms with E-state index in [4.69, 9.17) is 0 Å². The SMILES string of the molecule is Cc1cc(C(C)(C)C)ccc1-c1n(-c2ccc(-c3ccccc3)cc2)c2ccccc2[n+]1C. The van der Waals surface area contributed by atoms with Crippen LogP contribution in [-0.2, 0) is 12.5 Å². The average Bonchev–Trinajstić information content (AvgIpc) is 3.11. The van der Waals surface area contributed by atoms with Crippen molar-refractivity contribution in [2.75, 3.05) is 0 Å². The van der Waals surface area contributed by atoms with Crippen LogP contribution in [0.4, 0.5) is 0 Å². The van der Waals surface area contributed by atoms with Gasteiger partial charge in [-0.3, -0.25) is 0 Å². The van der Waals surface area contributed by atoms with Gasteiger partial charge < -0.3 is 0 Å². The highest BCUT2D eigenvalue weighted by Gasteiger charge is 2.27. The van der Waals surface area contributed by atoms with Crippen molar-refractivity contribution in [1.29, 1.82) is 0 Å². The van der Waals surface area contributed by atoms with E-state index in [1.807, 2.05) is 0 Å². The number of para-hydroxylation sites is 2. The molecule has 0 fully saturated rings. The molecule has 0 N–H and O–H groups in total. The fourth-order valence-electron chi connectivity index (χ4n) is 4.69. The largest absolute Gasteiger partial charge is 0.295 e. The molecular formula is C31H31N2+. The van der Waals surface area contributed by atoms with Gasteiger partial charge in [-0.25, -0.2) is 4.57 Å². The third-order valence-electron chi connectivity index (χ3n) is 6.58. The van der Waals surface area contributed by atoms with E-state index in [-0.39, 0.29) is 5.41 Å². The lowest BCUT2D eigenvalue weighted by Crippen LogP contribution is -2.30. The number of nitrogens with zero attached hydrogens (tertiary/aromatic N) is 2. The molecule has 33 heavy (non-hydrogen) atoms. The summed E-state index contributed by atoms with van der Waals surface area (Å²) < 4.78 is 4.71. The molecule has 0 unspecified atom stereocenters. The highest BCUT2D eigenvalue weighted by molar-refractivity contribution is 5.80. The summed E-state index contributed by atoms with van der Waals surface area (Å²) in [5.41, 5.74) is 10.1. The van der Waals surface area contributed by atoms with E-state index in [2.05, 4.69) is 141 Å². The number of hydrogen-bond acceptors (Lipinski definition) is 0. The van der Waals surface area contributed by atoms with E-state index in [1.54, 1.807) is 0 Å². The Labute approximate surface area is 196 Å². The highest BCUT2D eigenvalue weighted by atomic mass is 15.2. The molecule has 164 valence electrons. The zero-order valence-electron chi connectivity index (χ0n) is 20.1. The standard InChI is InChI=1S/C31H31N2/c1-22-21-25(31(2,3)4)17-20-27(22)30-32(5)28-13-9-10-14-29(28)33(30)26-18-15-24(16-19-26)23-11-7-6-8-12-23/h6-21H,1-5H3/q+1. The Bertz CT molecular complexity index is 1430. The van der Waals surface area contributed by atoms with E-state index < -0.39 is 0 Å². The van der Waals surface area contributed by atoms with Gasteiger partial charge in [-0.15, -0.1) is 0 Å². The van der Waals surface area contributed by atoms with Gasteiger partial charge in [-0.05, 0) is 64.9 Å². The third kappa shape index (κ3) is 3.76. The van der Waals surface area contributed by atoms with Gasteiger partial charge >= 0.3 is 0 Å². The first-order valence-corrected chi connectivity index (χ1v) is 11.6. The maximum absolute atomic E-state index is 2.39. The van der Waals surface area contributed by atoms with Crippen molar-refractivity contribution < 1.29 is 4.57 Å². The second-order valence-corrected chi connectivity index (χ2v) is 9.90. The summed E-state index contributed by atoms with van der Waals surface area (Å²) in [5, 5.41) is 0. The maximum atomic E-state index is 2.39. The Morgan fingerprint density at radius 1 is 0.697 bits per heavy atom. The Hall–Kier alpha value is -3.65. The summed E-state index contributed by atoms with van der Waals surface area (Å²) in [6, 6.07) is 35.0. The first-order chi connectivity index (χ1) is 15.8. The van der Waals surface area contributed by atoms with E-state index in [0.717, 1.165) is 0 Å². The summed E-state index contributed by atoms with van der Waals surface area (Å²) in [6.45, 7) is 9.04.